The van der Waals surface area contributed by atoms with Gasteiger partial charge in [0.1, 0.15) is 22.6 Å². The van der Waals surface area contributed by atoms with Crippen molar-refractivity contribution in [3.8, 4) is 6.07 Å². The number of hydrogen-bond acceptors (Lipinski definition) is 7. The fourth-order valence-electron chi connectivity index (χ4n) is 5.28. The molecule has 1 aliphatic heterocycles. The van der Waals surface area contributed by atoms with Crippen molar-refractivity contribution < 1.29 is 17.5 Å². The third kappa shape index (κ3) is 4.28. The zero-order valence-electron chi connectivity index (χ0n) is 18.4. The Morgan fingerprint density at radius 2 is 2.06 bits per heavy atom. The van der Waals surface area contributed by atoms with Gasteiger partial charge in [0.05, 0.1) is 5.57 Å². The number of ketones is 1. The van der Waals surface area contributed by atoms with E-state index in [2.05, 4.69) is 25.1 Å². The quantitative estimate of drug-likeness (QED) is 0.445. The first kappa shape index (κ1) is 22.8. The van der Waals surface area contributed by atoms with E-state index in [-0.39, 0.29) is 17.0 Å². The first-order chi connectivity index (χ1) is 15.1. The van der Waals surface area contributed by atoms with E-state index in [0.29, 0.717) is 40.7 Å². The van der Waals surface area contributed by atoms with Crippen molar-refractivity contribution in [1.29, 1.82) is 5.26 Å². The summed E-state index contributed by atoms with van der Waals surface area (Å²) in [4.78, 5) is 13.4. The summed E-state index contributed by atoms with van der Waals surface area (Å²) in [7, 11) is -4.04. The van der Waals surface area contributed by atoms with Gasteiger partial charge in [-0.1, -0.05) is 55.0 Å². The molecule has 168 valence electrons. The number of benzene rings is 1. The van der Waals surface area contributed by atoms with E-state index in [4.69, 9.17) is 4.28 Å². The van der Waals surface area contributed by atoms with Gasteiger partial charge in [-0.25, -0.2) is 0 Å². The van der Waals surface area contributed by atoms with Gasteiger partial charge in [-0.15, -0.1) is 0 Å². The summed E-state index contributed by atoms with van der Waals surface area (Å²) in [5.41, 5.74) is 1.37. The predicted molar refractivity (Wildman–Crippen MR) is 126 cm³/mol. The summed E-state index contributed by atoms with van der Waals surface area (Å²) in [6.45, 7) is 6.16. The van der Waals surface area contributed by atoms with Crippen molar-refractivity contribution in [3.05, 3.63) is 52.4 Å². The first-order valence-corrected chi connectivity index (χ1v) is 13.0. The summed E-state index contributed by atoms with van der Waals surface area (Å²) in [5.74, 6) is 0.0221. The highest BCUT2D eigenvalue weighted by atomic mass is 32.2. The Labute approximate surface area is 193 Å². The molecule has 0 spiro atoms. The molecular formula is C24H26N2O4S2. The summed E-state index contributed by atoms with van der Waals surface area (Å²) in [6, 6.07) is 9.82. The molecule has 2 unspecified atom stereocenters. The average Bonchev–Trinajstić information content (AvgIpc) is 3.18. The van der Waals surface area contributed by atoms with Crippen LogP contribution in [-0.4, -0.2) is 25.0 Å². The number of carbonyl (C=O) groups excluding carboxylic acids is 1. The Bertz CT molecular complexity index is 1200. The van der Waals surface area contributed by atoms with Crippen molar-refractivity contribution in [2.24, 2.45) is 21.9 Å². The molecule has 0 amide bonds. The lowest BCUT2D eigenvalue weighted by Crippen LogP contribution is -2.53. The lowest BCUT2D eigenvalue weighted by atomic mass is 9.51. The van der Waals surface area contributed by atoms with E-state index in [9.17, 15) is 18.5 Å². The summed E-state index contributed by atoms with van der Waals surface area (Å²) >= 11 is 1.19. The van der Waals surface area contributed by atoms with Gasteiger partial charge in [0.15, 0.2) is 0 Å². The molecule has 5 rings (SSSR count). The van der Waals surface area contributed by atoms with Gasteiger partial charge < -0.3 is 0 Å². The third-order valence-electron chi connectivity index (χ3n) is 6.95. The number of oxime groups is 1. The van der Waals surface area contributed by atoms with Gasteiger partial charge >= 0.3 is 10.1 Å². The van der Waals surface area contributed by atoms with Crippen LogP contribution in [0.1, 0.15) is 50.7 Å². The van der Waals surface area contributed by atoms with Gasteiger partial charge in [-0.3, -0.25) is 9.08 Å². The molecule has 0 aromatic heterocycles. The summed E-state index contributed by atoms with van der Waals surface area (Å²) in [5, 5.41) is 13.8. The normalized spacial score (nSPS) is 29.2. The molecule has 3 aliphatic carbocycles. The molecule has 2 bridgehead atoms. The third-order valence-corrected chi connectivity index (χ3v) is 9.14. The van der Waals surface area contributed by atoms with Crippen LogP contribution < -0.4 is 0 Å². The van der Waals surface area contributed by atoms with E-state index in [1.165, 1.54) is 11.8 Å². The number of hydrogen-bond donors (Lipinski definition) is 0. The molecule has 0 saturated heterocycles. The molecule has 0 N–H and O–H groups in total. The molecule has 1 aromatic carbocycles. The van der Waals surface area contributed by atoms with Crippen LogP contribution in [0.15, 0.2) is 46.5 Å². The first-order valence-electron chi connectivity index (χ1n) is 10.6. The maximum absolute atomic E-state index is 12.8. The van der Waals surface area contributed by atoms with Gasteiger partial charge in [0.25, 0.3) is 0 Å². The van der Waals surface area contributed by atoms with Crippen LogP contribution >= 0.6 is 11.8 Å². The number of thioether (sulfide) groups is 1. The van der Waals surface area contributed by atoms with Crippen LogP contribution in [0.2, 0.25) is 0 Å². The maximum Gasteiger partial charge on any atom is 0.329 e. The molecule has 2 atom stereocenters. The standard InChI is InChI=1S/C24H26N2O4S2/c1-16-6-4-5-7-18(16)19(13-25)20-8-9-22(31-20)26-30-32(28,29)15-24-11-10-17(12-21(24)27)23(2,3)14-24/h4-9,17H,10-12,14-15H2,1-3H3/b20-19+,26-22+. The largest absolute Gasteiger partial charge is 0.329 e. The molecule has 3 saturated carbocycles. The number of Topliss-reactive ketones (excluding diaryl/α,β-unsaturated/α-hetero) is 1. The van der Waals surface area contributed by atoms with E-state index in [1.807, 2.05) is 31.2 Å². The average molecular weight is 471 g/mol. The lowest BCUT2D eigenvalue weighted by Gasteiger charge is -2.53. The highest BCUT2D eigenvalue weighted by Crippen LogP contribution is 2.57. The number of aryl methyl sites for hydroxylation is 1. The van der Waals surface area contributed by atoms with Gasteiger partial charge in [-0.2, -0.15) is 13.7 Å². The number of carbonyl (C=O) groups is 1. The molecule has 1 heterocycles. The van der Waals surface area contributed by atoms with Crippen molar-refractivity contribution in [3.63, 3.8) is 0 Å². The number of allylic oxidation sites excluding steroid dienone is 2. The van der Waals surface area contributed by atoms with E-state index < -0.39 is 15.5 Å². The SMILES string of the molecule is Cc1ccccc1/C(C#N)=C1C=C/C(=N\OS(=O)(=O)CC23CCC(CC2=O)C(C)(C)C3)S\1. The Morgan fingerprint density at radius 1 is 1.31 bits per heavy atom. The number of nitriles is 1. The highest BCUT2D eigenvalue weighted by Gasteiger charge is 2.56. The smallest absolute Gasteiger partial charge is 0.299 e. The number of fused-ring (bicyclic) bond motifs is 3. The number of nitrogens with zero attached hydrogens (tertiary/aromatic N) is 2. The molecular weight excluding hydrogens is 444 g/mol. The van der Waals surface area contributed by atoms with E-state index in [0.717, 1.165) is 17.5 Å². The van der Waals surface area contributed by atoms with E-state index >= 15 is 0 Å². The Kier molecular flexibility index (Phi) is 5.84. The van der Waals surface area contributed by atoms with E-state index in [1.54, 1.807) is 12.2 Å². The van der Waals surface area contributed by atoms with Crippen LogP contribution in [-0.2, 0) is 19.2 Å². The molecule has 32 heavy (non-hydrogen) atoms. The van der Waals surface area contributed by atoms with Crippen LogP contribution in [0.3, 0.4) is 0 Å². The number of rotatable bonds is 5. The van der Waals surface area contributed by atoms with Crippen molar-refractivity contribution in [1.82, 2.24) is 0 Å². The highest BCUT2D eigenvalue weighted by molar-refractivity contribution is 8.18. The predicted octanol–water partition coefficient (Wildman–Crippen LogP) is 4.98. The van der Waals surface area contributed by atoms with Crippen LogP contribution in [0, 0.1) is 35.0 Å². The fourth-order valence-corrected chi connectivity index (χ4v) is 7.48. The zero-order valence-corrected chi connectivity index (χ0v) is 20.1. The van der Waals surface area contributed by atoms with Crippen molar-refractivity contribution >= 4 is 38.3 Å². The minimum atomic E-state index is -4.04. The minimum Gasteiger partial charge on any atom is -0.299 e. The van der Waals surface area contributed by atoms with Crippen LogP contribution in [0.4, 0.5) is 0 Å². The monoisotopic (exact) mass is 470 g/mol. The molecule has 1 aromatic rings. The van der Waals surface area contributed by atoms with Crippen LogP contribution in [0.25, 0.3) is 5.57 Å². The van der Waals surface area contributed by atoms with Crippen molar-refractivity contribution in [2.75, 3.05) is 5.75 Å². The maximum atomic E-state index is 12.8. The minimum absolute atomic E-state index is 0.0325. The summed E-state index contributed by atoms with van der Waals surface area (Å²) in [6.07, 6.45) is 5.82. The Balaban J connectivity index is 1.49. The van der Waals surface area contributed by atoms with Gasteiger partial charge in [0.2, 0.25) is 0 Å². The molecule has 3 fully saturated rings. The topological polar surface area (TPSA) is 96.6 Å². The van der Waals surface area contributed by atoms with Gasteiger partial charge in [0, 0.05) is 16.7 Å². The molecule has 4 aliphatic rings. The molecule has 0 radical (unpaired) electrons. The van der Waals surface area contributed by atoms with Crippen LogP contribution in [0.5, 0.6) is 0 Å². The second kappa shape index (κ2) is 8.20. The zero-order chi connectivity index (χ0) is 23.1. The Hall–Kier alpha value is -2.37. The second-order valence-corrected chi connectivity index (χ2v) is 12.2. The lowest BCUT2D eigenvalue weighted by molar-refractivity contribution is -0.144. The van der Waals surface area contributed by atoms with Gasteiger partial charge in [-0.05, 0) is 60.8 Å². The second-order valence-electron chi connectivity index (χ2n) is 9.62. The fraction of sp³-hybridized carbons (Fsp3) is 0.458. The summed E-state index contributed by atoms with van der Waals surface area (Å²) < 4.78 is 30.5. The van der Waals surface area contributed by atoms with Crippen molar-refractivity contribution in [2.45, 2.75) is 46.5 Å². The Morgan fingerprint density at radius 3 is 2.72 bits per heavy atom. The molecule has 6 nitrogen and oxygen atoms in total. The molecule has 8 heteroatoms.